The second-order valence-electron chi connectivity index (χ2n) is 7.59. The SMILES string of the molecule is CC1CCCN(c2ccc(-c3nc(C4(N)CCC4)no3)cc2[N+](=O)[O-])C1.Cl. The molecule has 0 radical (unpaired) electrons. The van der Waals surface area contributed by atoms with E-state index in [-0.39, 0.29) is 28.9 Å². The number of anilines is 1. The topological polar surface area (TPSA) is 111 Å². The second-order valence-corrected chi connectivity index (χ2v) is 7.59. The molecule has 2 heterocycles. The number of halogens is 1. The molecule has 8 nitrogen and oxygen atoms in total. The zero-order chi connectivity index (χ0) is 18.3. The van der Waals surface area contributed by atoms with Gasteiger partial charge in [-0.05, 0) is 50.2 Å². The van der Waals surface area contributed by atoms with Gasteiger partial charge in [0, 0.05) is 24.7 Å². The van der Waals surface area contributed by atoms with Crippen molar-refractivity contribution in [1.82, 2.24) is 10.1 Å². The number of nitrogens with two attached hydrogens (primary N) is 1. The summed E-state index contributed by atoms with van der Waals surface area (Å²) in [6, 6.07) is 5.12. The van der Waals surface area contributed by atoms with E-state index in [0.29, 0.717) is 23.0 Å². The number of benzene rings is 1. The van der Waals surface area contributed by atoms with Gasteiger partial charge in [0.15, 0.2) is 5.82 Å². The van der Waals surface area contributed by atoms with E-state index in [0.717, 1.165) is 45.2 Å². The van der Waals surface area contributed by atoms with Crippen molar-refractivity contribution >= 4 is 23.8 Å². The summed E-state index contributed by atoms with van der Waals surface area (Å²) >= 11 is 0. The third-order valence-electron chi connectivity index (χ3n) is 5.53. The van der Waals surface area contributed by atoms with Gasteiger partial charge < -0.3 is 15.2 Å². The van der Waals surface area contributed by atoms with Gasteiger partial charge >= 0.3 is 0 Å². The Balaban J connectivity index is 0.00000210. The summed E-state index contributed by atoms with van der Waals surface area (Å²) in [5, 5.41) is 15.6. The molecule has 146 valence electrons. The quantitative estimate of drug-likeness (QED) is 0.623. The second kappa shape index (κ2) is 7.44. The molecule has 0 bridgehead atoms. The van der Waals surface area contributed by atoms with Crippen LogP contribution in [0.3, 0.4) is 0 Å². The highest BCUT2D eigenvalue weighted by atomic mass is 35.5. The normalized spacial score (nSPS) is 21.3. The minimum atomic E-state index is -0.516. The molecule has 1 saturated heterocycles. The Bertz CT molecular complexity index is 836. The van der Waals surface area contributed by atoms with Crippen molar-refractivity contribution < 1.29 is 9.45 Å². The molecule has 2 aromatic rings. The smallest absolute Gasteiger partial charge is 0.293 e. The molecule has 2 fully saturated rings. The predicted molar refractivity (Wildman–Crippen MR) is 104 cm³/mol. The fourth-order valence-corrected chi connectivity index (χ4v) is 3.80. The fraction of sp³-hybridized carbons (Fsp3) is 0.556. The van der Waals surface area contributed by atoms with E-state index in [1.54, 1.807) is 6.07 Å². The lowest BCUT2D eigenvalue weighted by molar-refractivity contribution is -0.384. The average molecular weight is 394 g/mol. The summed E-state index contributed by atoms with van der Waals surface area (Å²) in [4.78, 5) is 17.8. The summed E-state index contributed by atoms with van der Waals surface area (Å²) in [7, 11) is 0. The van der Waals surface area contributed by atoms with Crippen LogP contribution >= 0.6 is 12.4 Å². The Labute approximate surface area is 163 Å². The van der Waals surface area contributed by atoms with Gasteiger partial charge in [0.05, 0.1) is 10.5 Å². The molecule has 1 aromatic heterocycles. The minimum absolute atomic E-state index is 0. The van der Waals surface area contributed by atoms with Crippen molar-refractivity contribution in [2.75, 3.05) is 18.0 Å². The molecule has 1 aliphatic heterocycles. The molecule has 0 amide bonds. The van der Waals surface area contributed by atoms with Crippen LogP contribution < -0.4 is 10.6 Å². The van der Waals surface area contributed by atoms with Crippen LogP contribution in [0.5, 0.6) is 0 Å². The predicted octanol–water partition coefficient (Wildman–Crippen LogP) is 3.64. The lowest BCUT2D eigenvalue weighted by atomic mass is 9.77. The Kier molecular flexibility index (Phi) is 5.39. The summed E-state index contributed by atoms with van der Waals surface area (Å²) in [6.45, 7) is 3.85. The van der Waals surface area contributed by atoms with Crippen LogP contribution in [-0.2, 0) is 5.54 Å². The molecule has 1 aromatic carbocycles. The molecule has 27 heavy (non-hydrogen) atoms. The van der Waals surface area contributed by atoms with E-state index in [4.69, 9.17) is 10.3 Å². The maximum Gasteiger partial charge on any atom is 0.293 e. The molecule has 1 unspecified atom stereocenters. The number of aromatic nitrogens is 2. The van der Waals surface area contributed by atoms with Crippen molar-refractivity contribution in [3.05, 3.63) is 34.1 Å². The molecule has 1 atom stereocenters. The lowest BCUT2D eigenvalue weighted by Gasteiger charge is -2.34. The molecular formula is C18H24ClN5O3. The van der Waals surface area contributed by atoms with Crippen molar-refractivity contribution in [2.24, 2.45) is 11.7 Å². The number of nitrogens with zero attached hydrogens (tertiary/aromatic N) is 4. The minimum Gasteiger partial charge on any atom is -0.366 e. The third-order valence-corrected chi connectivity index (χ3v) is 5.53. The van der Waals surface area contributed by atoms with Crippen molar-refractivity contribution in [3.8, 4) is 11.5 Å². The number of piperidine rings is 1. The monoisotopic (exact) mass is 393 g/mol. The van der Waals surface area contributed by atoms with Crippen LogP contribution in [-0.4, -0.2) is 28.2 Å². The van der Waals surface area contributed by atoms with Crippen molar-refractivity contribution in [3.63, 3.8) is 0 Å². The maximum absolute atomic E-state index is 11.6. The van der Waals surface area contributed by atoms with Crippen molar-refractivity contribution in [2.45, 2.75) is 44.6 Å². The molecule has 0 spiro atoms. The summed E-state index contributed by atoms with van der Waals surface area (Å²) in [5.41, 5.74) is 6.98. The first-order valence-corrected chi connectivity index (χ1v) is 9.13. The third kappa shape index (κ3) is 3.64. The van der Waals surface area contributed by atoms with Gasteiger partial charge in [0.25, 0.3) is 11.6 Å². The van der Waals surface area contributed by atoms with Gasteiger partial charge in [0.1, 0.15) is 5.69 Å². The van der Waals surface area contributed by atoms with Crippen LogP contribution in [0.15, 0.2) is 22.7 Å². The number of nitro groups is 1. The molecule has 2 aliphatic rings. The number of rotatable bonds is 4. The standard InChI is InChI=1S/C18H23N5O3.ClH/c1-12-4-2-9-22(11-12)14-6-5-13(10-15(14)23(24)25)16-20-17(21-26-16)18(19)7-3-8-18;/h5-6,10,12H,2-4,7-9,11,19H2,1H3;1H. The van der Waals surface area contributed by atoms with Crippen LogP contribution in [0.2, 0.25) is 0 Å². The van der Waals surface area contributed by atoms with E-state index in [9.17, 15) is 10.1 Å². The highest BCUT2D eigenvalue weighted by molar-refractivity contribution is 5.85. The lowest BCUT2D eigenvalue weighted by Crippen LogP contribution is -2.44. The first-order chi connectivity index (χ1) is 12.5. The Hall–Kier alpha value is -2.19. The van der Waals surface area contributed by atoms with Gasteiger partial charge in [-0.3, -0.25) is 10.1 Å². The van der Waals surface area contributed by atoms with Crippen LogP contribution in [0.1, 0.15) is 44.9 Å². The highest BCUT2D eigenvalue weighted by Gasteiger charge is 2.39. The number of hydrogen-bond donors (Lipinski definition) is 1. The average Bonchev–Trinajstić information content (AvgIpc) is 3.09. The van der Waals surface area contributed by atoms with E-state index in [1.807, 2.05) is 6.07 Å². The summed E-state index contributed by atoms with van der Waals surface area (Å²) < 4.78 is 5.33. The molecule has 2 N–H and O–H groups in total. The molecule has 9 heteroatoms. The largest absolute Gasteiger partial charge is 0.366 e. The van der Waals surface area contributed by atoms with E-state index in [2.05, 4.69) is 22.0 Å². The first kappa shape index (κ1) is 19.6. The van der Waals surface area contributed by atoms with E-state index >= 15 is 0 Å². The Morgan fingerprint density at radius 1 is 1.37 bits per heavy atom. The van der Waals surface area contributed by atoms with Crippen molar-refractivity contribution in [1.29, 1.82) is 0 Å². The van der Waals surface area contributed by atoms with Crippen LogP contribution in [0, 0.1) is 16.0 Å². The summed E-state index contributed by atoms with van der Waals surface area (Å²) in [5.74, 6) is 1.29. The summed E-state index contributed by atoms with van der Waals surface area (Å²) in [6.07, 6.45) is 4.92. The zero-order valence-electron chi connectivity index (χ0n) is 15.3. The van der Waals surface area contributed by atoms with Gasteiger partial charge in [-0.25, -0.2) is 0 Å². The zero-order valence-corrected chi connectivity index (χ0v) is 16.1. The fourth-order valence-electron chi connectivity index (χ4n) is 3.80. The van der Waals surface area contributed by atoms with E-state index < -0.39 is 5.54 Å². The molecule has 1 aliphatic carbocycles. The Morgan fingerprint density at radius 3 is 2.78 bits per heavy atom. The van der Waals surface area contributed by atoms with Gasteiger partial charge in [-0.2, -0.15) is 4.98 Å². The highest BCUT2D eigenvalue weighted by Crippen LogP contribution is 2.39. The van der Waals surface area contributed by atoms with Gasteiger partial charge in [-0.1, -0.05) is 12.1 Å². The molecular weight excluding hydrogens is 370 g/mol. The van der Waals surface area contributed by atoms with Crippen LogP contribution in [0.25, 0.3) is 11.5 Å². The number of hydrogen-bond acceptors (Lipinski definition) is 7. The molecule has 1 saturated carbocycles. The van der Waals surface area contributed by atoms with Gasteiger partial charge in [0.2, 0.25) is 0 Å². The van der Waals surface area contributed by atoms with Gasteiger partial charge in [-0.15, -0.1) is 12.4 Å². The molecule has 4 rings (SSSR count). The maximum atomic E-state index is 11.6. The first-order valence-electron chi connectivity index (χ1n) is 9.13. The van der Waals surface area contributed by atoms with E-state index in [1.165, 1.54) is 6.07 Å². The Morgan fingerprint density at radius 2 is 2.15 bits per heavy atom. The van der Waals surface area contributed by atoms with Crippen LogP contribution in [0.4, 0.5) is 11.4 Å². The number of nitro benzene ring substituents is 1.